The van der Waals surface area contributed by atoms with Crippen LogP contribution in [0.2, 0.25) is 0 Å². The fraction of sp³-hybridized carbons (Fsp3) is 0.533. The van der Waals surface area contributed by atoms with Crippen molar-refractivity contribution in [2.24, 2.45) is 5.92 Å². The summed E-state index contributed by atoms with van der Waals surface area (Å²) < 4.78 is 10.7. The van der Waals surface area contributed by atoms with Crippen LogP contribution in [0.5, 0.6) is 5.75 Å². The standard InChI is InChI=1S/C15H21NO3/c1-11-7-3-5-9-13(11)19-15(17)16-12-8-4-6-10-14(12)18-2/h4,6,8,10-11,13H,3,5,7,9H2,1-2H3,(H,16,17)/t11-,13-/m0/s1. The van der Waals surface area contributed by atoms with Crippen molar-refractivity contribution in [3.8, 4) is 5.75 Å². The highest BCUT2D eigenvalue weighted by molar-refractivity contribution is 5.86. The molecule has 1 saturated carbocycles. The molecule has 1 N–H and O–H groups in total. The summed E-state index contributed by atoms with van der Waals surface area (Å²) in [4.78, 5) is 11.9. The summed E-state index contributed by atoms with van der Waals surface area (Å²) in [6.07, 6.45) is 4.09. The van der Waals surface area contributed by atoms with Gasteiger partial charge in [-0.05, 0) is 37.3 Å². The number of methoxy groups -OCH3 is 1. The van der Waals surface area contributed by atoms with E-state index in [0.717, 1.165) is 19.3 Å². The molecule has 0 aromatic heterocycles. The SMILES string of the molecule is COc1ccccc1NC(=O)O[C@H]1CCCC[C@@H]1C. The van der Waals surface area contributed by atoms with Crippen molar-refractivity contribution in [1.82, 2.24) is 0 Å². The van der Waals surface area contributed by atoms with Crippen molar-refractivity contribution in [1.29, 1.82) is 0 Å². The molecule has 1 fully saturated rings. The van der Waals surface area contributed by atoms with Gasteiger partial charge in [-0.2, -0.15) is 0 Å². The van der Waals surface area contributed by atoms with Gasteiger partial charge in [0.2, 0.25) is 0 Å². The molecule has 4 heteroatoms. The molecule has 1 amide bonds. The zero-order valence-corrected chi connectivity index (χ0v) is 11.5. The van der Waals surface area contributed by atoms with Crippen LogP contribution < -0.4 is 10.1 Å². The summed E-state index contributed by atoms with van der Waals surface area (Å²) >= 11 is 0. The average Bonchev–Trinajstić information content (AvgIpc) is 2.42. The Bertz CT molecular complexity index is 433. The summed E-state index contributed by atoms with van der Waals surface area (Å²) in [5.41, 5.74) is 0.637. The Morgan fingerprint density at radius 2 is 2.00 bits per heavy atom. The van der Waals surface area contributed by atoms with E-state index in [0.29, 0.717) is 17.4 Å². The number of hydrogen-bond acceptors (Lipinski definition) is 3. The predicted molar refractivity (Wildman–Crippen MR) is 74.5 cm³/mol. The van der Waals surface area contributed by atoms with Crippen molar-refractivity contribution in [2.75, 3.05) is 12.4 Å². The van der Waals surface area contributed by atoms with Crippen LogP contribution in [-0.2, 0) is 4.74 Å². The third-order valence-electron chi connectivity index (χ3n) is 3.63. The lowest BCUT2D eigenvalue weighted by molar-refractivity contribution is 0.0524. The first-order valence-corrected chi connectivity index (χ1v) is 6.81. The van der Waals surface area contributed by atoms with E-state index in [-0.39, 0.29) is 6.10 Å². The van der Waals surface area contributed by atoms with Crippen molar-refractivity contribution < 1.29 is 14.3 Å². The molecule has 104 valence electrons. The predicted octanol–water partition coefficient (Wildman–Crippen LogP) is 3.82. The number of para-hydroxylation sites is 2. The number of carbonyl (C=O) groups is 1. The summed E-state index contributed by atoms with van der Waals surface area (Å²) in [7, 11) is 1.58. The normalized spacial score (nSPS) is 22.6. The van der Waals surface area contributed by atoms with Crippen molar-refractivity contribution >= 4 is 11.8 Å². The van der Waals surface area contributed by atoms with Gasteiger partial charge in [0.25, 0.3) is 0 Å². The van der Waals surface area contributed by atoms with E-state index in [1.54, 1.807) is 19.2 Å². The maximum Gasteiger partial charge on any atom is 0.412 e. The molecule has 1 aliphatic carbocycles. The zero-order valence-electron chi connectivity index (χ0n) is 11.5. The van der Waals surface area contributed by atoms with Gasteiger partial charge >= 0.3 is 6.09 Å². The topological polar surface area (TPSA) is 47.6 Å². The third-order valence-corrected chi connectivity index (χ3v) is 3.63. The lowest BCUT2D eigenvalue weighted by Gasteiger charge is -2.28. The highest BCUT2D eigenvalue weighted by Crippen LogP contribution is 2.27. The molecule has 2 atom stereocenters. The summed E-state index contributed by atoms with van der Waals surface area (Å²) in [5.74, 6) is 1.08. The van der Waals surface area contributed by atoms with E-state index >= 15 is 0 Å². The monoisotopic (exact) mass is 263 g/mol. The number of ether oxygens (including phenoxy) is 2. The molecule has 1 aliphatic rings. The van der Waals surface area contributed by atoms with Crippen LogP contribution >= 0.6 is 0 Å². The smallest absolute Gasteiger partial charge is 0.412 e. The first-order valence-electron chi connectivity index (χ1n) is 6.81. The van der Waals surface area contributed by atoms with E-state index in [9.17, 15) is 4.79 Å². The second-order valence-electron chi connectivity index (χ2n) is 5.03. The molecule has 0 spiro atoms. The highest BCUT2D eigenvalue weighted by Gasteiger charge is 2.25. The lowest BCUT2D eigenvalue weighted by Crippen LogP contribution is -2.30. The molecular formula is C15H21NO3. The zero-order chi connectivity index (χ0) is 13.7. The molecule has 0 aliphatic heterocycles. The molecule has 1 aromatic carbocycles. The molecule has 2 rings (SSSR count). The third kappa shape index (κ3) is 3.63. The highest BCUT2D eigenvalue weighted by atomic mass is 16.6. The van der Waals surface area contributed by atoms with E-state index in [4.69, 9.17) is 9.47 Å². The maximum atomic E-state index is 11.9. The van der Waals surface area contributed by atoms with Crippen LogP contribution in [0.1, 0.15) is 32.6 Å². The quantitative estimate of drug-likeness (QED) is 0.901. The minimum absolute atomic E-state index is 0.0310. The first-order chi connectivity index (χ1) is 9.20. The Labute approximate surface area is 114 Å². The van der Waals surface area contributed by atoms with Gasteiger partial charge in [-0.3, -0.25) is 5.32 Å². The van der Waals surface area contributed by atoms with Crippen LogP contribution in [0.3, 0.4) is 0 Å². The summed E-state index contributed by atoms with van der Waals surface area (Å²) in [6.45, 7) is 2.14. The van der Waals surface area contributed by atoms with Crippen LogP contribution in [0.25, 0.3) is 0 Å². The molecular weight excluding hydrogens is 242 g/mol. The molecule has 0 unspecified atom stereocenters. The van der Waals surface area contributed by atoms with Crippen LogP contribution in [0.15, 0.2) is 24.3 Å². The molecule has 0 heterocycles. The second-order valence-corrected chi connectivity index (χ2v) is 5.03. The number of anilines is 1. The van der Waals surface area contributed by atoms with Crippen molar-refractivity contribution in [3.63, 3.8) is 0 Å². The maximum absolute atomic E-state index is 11.9. The van der Waals surface area contributed by atoms with Crippen LogP contribution in [0.4, 0.5) is 10.5 Å². The fourth-order valence-corrected chi connectivity index (χ4v) is 2.48. The largest absolute Gasteiger partial charge is 0.495 e. The molecule has 4 nitrogen and oxygen atoms in total. The van der Waals surface area contributed by atoms with Crippen LogP contribution in [-0.4, -0.2) is 19.3 Å². The number of amides is 1. The minimum atomic E-state index is -0.400. The van der Waals surface area contributed by atoms with Crippen molar-refractivity contribution in [3.05, 3.63) is 24.3 Å². The Morgan fingerprint density at radius 1 is 1.26 bits per heavy atom. The molecule has 0 radical (unpaired) electrons. The van der Waals surface area contributed by atoms with Gasteiger partial charge in [0.05, 0.1) is 12.8 Å². The minimum Gasteiger partial charge on any atom is -0.495 e. The van der Waals surface area contributed by atoms with E-state index in [1.165, 1.54) is 6.42 Å². The number of benzene rings is 1. The Kier molecular flexibility index (Phi) is 4.66. The first kappa shape index (κ1) is 13.7. The van der Waals surface area contributed by atoms with E-state index in [2.05, 4.69) is 12.2 Å². The Morgan fingerprint density at radius 3 is 2.74 bits per heavy atom. The van der Waals surface area contributed by atoms with E-state index < -0.39 is 6.09 Å². The number of carbonyl (C=O) groups excluding carboxylic acids is 1. The number of hydrogen-bond donors (Lipinski definition) is 1. The number of rotatable bonds is 3. The lowest BCUT2D eigenvalue weighted by atomic mass is 9.88. The average molecular weight is 263 g/mol. The fourth-order valence-electron chi connectivity index (χ4n) is 2.48. The van der Waals surface area contributed by atoms with Gasteiger partial charge in [-0.25, -0.2) is 4.79 Å². The number of nitrogens with one attached hydrogen (secondary N) is 1. The van der Waals surface area contributed by atoms with Gasteiger partial charge < -0.3 is 9.47 Å². The Hall–Kier alpha value is -1.71. The molecule has 0 saturated heterocycles. The molecule has 1 aromatic rings. The summed E-state index contributed by atoms with van der Waals surface area (Å²) in [6, 6.07) is 7.31. The summed E-state index contributed by atoms with van der Waals surface area (Å²) in [5, 5.41) is 2.74. The van der Waals surface area contributed by atoms with Gasteiger partial charge in [0.15, 0.2) is 0 Å². The molecule has 0 bridgehead atoms. The van der Waals surface area contributed by atoms with Crippen molar-refractivity contribution in [2.45, 2.75) is 38.7 Å². The van der Waals surface area contributed by atoms with Gasteiger partial charge in [0, 0.05) is 0 Å². The van der Waals surface area contributed by atoms with Gasteiger partial charge in [-0.15, -0.1) is 0 Å². The second kappa shape index (κ2) is 6.45. The molecule has 19 heavy (non-hydrogen) atoms. The van der Waals surface area contributed by atoms with Gasteiger partial charge in [0.1, 0.15) is 11.9 Å². The Balaban J connectivity index is 1.93. The van der Waals surface area contributed by atoms with Crippen LogP contribution in [0, 0.1) is 5.92 Å². The van der Waals surface area contributed by atoms with E-state index in [1.807, 2.05) is 12.1 Å². The van der Waals surface area contributed by atoms with Gasteiger partial charge in [-0.1, -0.05) is 25.5 Å².